The number of fused-ring (bicyclic) bond motifs is 1. The van der Waals surface area contributed by atoms with Crippen LogP contribution in [0.25, 0.3) is 0 Å². The minimum Gasteiger partial charge on any atom is -0.339 e. The van der Waals surface area contributed by atoms with E-state index in [1.54, 1.807) is 6.92 Å². The highest BCUT2D eigenvalue weighted by atomic mass is 16.2. The van der Waals surface area contributed by atoms with E-state index in [0.717, 1.165) is 6.54 Å². The molecule has 2 aliphatic rings. The molecule has 0 aromatic rings. The molecule has 1 heterocycles. The molecule has 5 nitrogen and oxygen atoms in total. The van der Waals surface area contributed by atoms with Crippen molar-refractivity contribution >= 4 is 11.7 Å². The molecule has 2 fully saturated rings. The summed E-state index contributed by atoms with van der Waals surface area (Å²) in [7, 11) is 0. The van der Waals surface area contributed by atoms with Gasteiger partial charge in [0.1, 0.15) is 11.8 Å². The van der Waals surface area contributed by atoms with Crippen molar-refractivity contribution in [3.63, 3.8) is 0 Å². The molecule has 0 bridgehead atoms. The van der Waals surface area contributed by atoms with Crippen LogP contribution in [0, 0.1) is 34.5 Å². The van der Waals surface area contributed by atoms with Gasteiger partial charge in [0.15, 0.2) is 0 Å². The fourth-order valence-electron chi connectivity index (χ4n) is 3.40. The number of amides is 1. The highest BCUT2D eigenvalue weighted by molar-refractivity contribution is 5.84. The monoisotopic (exact) mass is 277 g/mol. The molecule has 1 amide bonds. The number of ketones is 1. The number of carbonyl (C=O) groups is 2. The van der Waals surface area contributed by atoms with Crippen LogP contribution >= 0.6 is 0 Å². The summed E-state index contributed by atoms with van der Waals surface area (Å²) in [6, 6.07) is 1.29. The topological polar surface area (TPSA) is 82.0 Å². The van der Waals surface area contributed by atoms with Crippen LogP contribution in [0.1, 0.15) is 34.1 Å². The van der Waals surface area contributed by atoms with Crippen molar-refractivity contribution in [2.75, 3.05) is 6.54 Å². The maximum atomic E-state index is 12.3. The van der Waals surface area contributed by atoms with E-state index in [1.807, 2.05) is 0 Å². The molecular formula is C15H23N3O2. The average molecular weight is 277 g/mol. The Hall–Kier alpha value is -1.41. The summed E-state index contributed by atoms with van der Waals surface area (Å²) >= 11 is 0. The van der Waals surface area contributed by atoms with E-state index in [1.165, 1.54) is 6.92 Å². The predicted octanol–water partition coefficient (Wildman–Crippen LogP) is 0.854. The molecular weight excluding hydrogens is 254 g/mol. The molecule has 5 unspecified atom stereocenters. The van der Waals surface area contributed by atoms with Crippen LogP contribution in [0.5, 0.6) is 0 Å². The van der Waals surface area contributed by atoms with Gasteiger partial charge in [-0.05, 0) is 37.1 Å². The number of rotatable bonds is 5. The zero-order chi connectivity index (χ0) is 15.1. The summed E-state index contributed by atoms with van der Waals surface area (Å²) in [5, 5.41) is 15.1. The summed E-state index contributed by atoms with van der Waals surface area (Å²) in [5.74, 6) is 0.663. The molecule has 1 saturated carbocycles. The quantitative estimate of drug-likeness (QED) is 0.780. The molecule has 2 rings (SSSR count). The Labute approximate surface area is 120 Å². The third-order valence-corrected chi connectivity index (χ3v) is 5.09. The first kappa shape index (κ1) is 15.0. The lowest BCUT2D eigenvalue weighted by Crippen LogP contribution is -2.48. The Bertz CT molecular complexity index is 466. The first-order valence-electron chi connectivity index (χ1n) is 7.22. The summed E-state index contributed by atoms with van der Waals surface area (Å²) in [5.41, 5.74) is 0.224. The summed E-state index contributed by atoms with van der Waals surface area (Å²) in [6.45, 7) is 8.53. The highest BCUT2D eigenvalue weighted by Gasteiger charge is 2.65. The number of nitriles is 1. The molecule has 1 saturated heterocycles. The minimum absolute atomic E-state index is 0.0434. The maximum absolute atomic E-state index is 12.3. The van der Waals surface area contributed by atoms with Gasteiger partial charge in [0.05, 0.1) is 12.1 Å². The van der Waals surface area contributed by atoms with Gasteiger partial charge in [0, 0.05) is 5.92 Å². The van der Waals surface area contributed by atoms with Crippen molar-refractivity contribution in [1.29, 1.82) is 5.26 Å². The molecule has 0 aromatic carbocycles. The number of nitrogens with zero attached hydrogens (tertiary/aromatic N) is 1. The second-order valence-electron chi connectivity index (χ2n) is 6.78. The van der Waals surface area contributed by atoms with Crippen LogP contribution in [0.2, 0.25) is 0 Å². The Balaban J connectivity index is 1.91. The molecule has 2 N–H and O–H groups in total. The van der Waals surface area contributed by atoms with Gasteiger partial charge in [-0.15, -0.1) is 0 Å². The van der Waals surface area contributed by atoms with Crippen molar-refractivity contribution in [2.45, 2.75) is 46.2 Å². The second kappa shape index (κ2) is 5.17. The van der Waals surface area contributed by atoms with Crippen LogP contribution < -0.4 is 10.6 Å². The first-order chi connectivity index (χ1) is 9.28. The van der Waals surface area contributed by atoms with E-state index < -0.39 is 6.04 Å². The van der Waals surface area contributed by atoms with Crippen molar-refractivity contribution in [2.24, 2.45) is 23.2 Å². The average Bonchev–Trinajstić information content (AvgIpc) is 2.79. The summed E-state index contributed by atoms with van der Waals surface area (Å²) in [4.78, 5) is 23.5. The van der Waals surface area contributed by atoms with Gasteiger partial charge >= 0.3 is 0 Å². The standard InChI is InChI=1S/C15H23N3O2/c1-8(9(2)19)5-10(6-16)18-14(20)13-12-11(7-17-13)15(12,3)4/h8,10-13,17H,5,7H2,1-4H3,(H,18,20). The van der Waals surface area contributed by atoms with Gasteiger partial charge in [0.2, 0.25) is 5.91 Å². The Morgan fingerprint density at radius 3 is 2.60 bits per heavy atom. The molecule has 0 radical (unpaired) electrons. The Kier molecular flexibility index (Phi) is 3.88. The van der Waals surface area contributed by atoms with Crippen molar-refractivity contribution in [1.82, 2.24) is 10.6 Å². The van der Waals surface area contributed by atoms with Gasteiger partial charge in [-0.25, -0.2) is 0 Å². The van der Waals surface area contributed by atoms with E-state index in [0.29, 0.717) is 18.3 Å². The van der Waals surface area contributed by atoms with Crippen LogP contribution in [-0.4, -0.2) is 30.3 Å². The van der Waals surface area contributed by atoms with Gasteiger partial charge in [0.25, 0.3) is 0 Å². The van der Waals surface area contributed by atoms with Crippen LogP contribution in [-0.2, 0) is 9.59 Å². The third kappa shape index (κ3) is 2.57. The normalized spacial score (nSPS) is 32.6. The lowest BCUT2D eigenvalue weighted by molar-refractivity contribution is -0.125. The van der Waals surface area contributed by atoms with Crippen molar-refractivity contribution in [3.8, 4) is 6.07 Å². The smallest absolute Gasteiger partial charge is 0.238 e. The lowest BCUT2D eigenvalue weighted by Gasteiger charge is -2.21. The van der Waals surface area contributed by atoms with E-state index in [2.05, 4.69) is 30.6 Å². The van der Waals surface area contributed by atoms with Crippen molar-refractivity contribution in [3.05, 3.63) is 0 Å². The fourth-order valence-corrected chi connectivity index (χ4v) is 3.40. The van der Waals surface area contributed by atoms with Gasteiger partial charge in [-0.2, -0.15) is 5.26 Å². The molecule has 1 aliphatic carbocycles. The minimum atomic E-state index is -0.593. The summed E-state index contributed by atoms with van der Waals surface area (Å²) < 4.78 is 0. The molecule has 20 heavy (non-hydrogen) atoms. The summed E-state index contributed by atoms with van der Waals surface area (Å²) in [6.07, 6.45) is 0.377. The molecule has 110 valence electrons. The molecule has 5 atom stereocenters. The molecule has 0 spiro atoms. The van der Waals surface area contributed by atoms with Gasteiger partial charge < -0.3 is 10.6 Å². The largest absolute Gasteiger partial charge is 0.339 e. The highest BCUT2D eigenvalue weighted by Crippen LogP contribution is 2.62. The maximum Gasteiger partial charge on any atom is 0.238 e. The van der Waals surface area contributed by atoms with Crippen molar-refractivity contribution < 1.29 is 9.59 Å². The predicted molar refractivity (Wildman–Crippen MR) is 74.6 cm³/mol. The zero-order valence-corrected chi connectivity index (χ0v) is 12.6. The number of hydrogen-bond donors (Lipinski definition) is 2. The van der Waals surface area contributed by atoms with E-state index >= 15 is 0 Å². The third-order valence-electron chi connectivity index (χ3n) is 5.09. The number of hydrogen-bond acceptors (Lipinski definition) is 4. The van der Waals surface area contributed by atoms with E-state index in [-0.39, 0.29) is 29.1 Å². The molecule has 5 heteroatoms. The van der Waals surface area contributed by atoms with Crippen LogP contribution in [0.3, 0.4) is 0 Å². The zero-order valence-electron chi connectivity index (χ0n) is 12.6. The molecule has 0 aromatic heterocycles. The van der Waals surface area contributed by atoms with E-state index in [9.17, 15) is 9.59 Å². The lowest BCUT2D eigenvalue weighted by atomic mass is 9.98. The number of carbonyl (C=O) groups excluding carboxylic acids is 2. The Morgan fingerprint density at radius 2 is 2.15 bits per heavy atom. The Morgan fingerprint density at radius 1 is 1.50 bits per heavy atom. The molecule has 1 aliphatic heterocycles. The first-order valence-corrected chi connectivity index (χ1v) is 7.22. The number of Topliss-reactive ketones (excluding diaryl/α,β-unsaturated/α-hetero) is 1. The van der Waals surface area contributed by atoms with E-state index in [4.69, 9.17) is 5.26 Å². The van der Waals surface area contributed by atoms with Crippen LogP contribution in [0.4, 0.5) is 0 Å². The van der Waals surface area contributed by atoms with Gasteiger partial charge in [-0.3, -0.25) is 9.59 Å². The van der Waals surface area contributed by atoms with Crippen LogP contribution in [0.15, 0.2) is 0 Å². The number of piperidine rings is 1. The fraction of sp³-hybridized carbons (Fsp3) is 0.800. The SMILES string of the molecule is CC(=O)C(C)CC(C#N)NC(=O)C1NCC2C1C2(C)C. The number of nitrogens with one attached hydrogen (secondary N) is 2. The second-order valence-corrected chi connectivity index (χ2v) is 6.78. The van der Waals surface area contributed by atoms with Gasteiger partial charge in [-0.1, -0.05) is 20.8 Å².